The lowest BCUT2D eigenvalue weighted by atomic mass is 10.3. The van der Waals surface area contributed by atoms with Crippen LogP contribution in [-0.4, -0.2) is 23.9 Å². The van der Waals surface area contributed by atoms with Gasteiger partial charge in [-0.3, -0.25) is 4.79 Å². The summed E-state index contributed by atoms with van der Waals surface area (Å²) in [4.78, 5) is 12.6. The van der Waals surface area contributed by atoms with E-state index in [-0.39, 0.29) is 11.9 Å². The van der Waals surface area contributed by atoms with Crippen LogP contribution in [0, 0.1) is 0 Å². The number of carbonyl (C=O) groups excluding carboxylic acids is 1. The van der Waals surface area contributed by atoms with Crippen LogP contribution in [0.3, 0.4) is 0 Å². The van der Waals surface area contributed by atoms with Gasteiger partial charge < -0.3 is 9.32 Å². The van der Waals surface area contributed by atoms with E-state index in [1.54, 1.807) is 13.1 Å². The van der Waals surface area contributed by atoms with E-state index < -0.39 is 0 Å². The van der Waals surface area contributed by atoms with Crippen molar-refractivity contribution in [3.05, 3.63) is 24.2 Å². The quantitative estimate of drug-likeness (QED) is 0.502. The molecule has 0 unspecified atom stereocenters. The van der Waals surface area contributed by atoms with Crippen molar-refractivity contribution in [2.75, 3.05) is 13.1 Å². The number of amides is 1. The molecule has 0 aliphatic rings. The number of alkyl halides is 1. The van der Waals surface area contributed by atoms with Gasteiger partial charge >= 0.3 is 0 Å². The van der Waals surface area contributed by atoms with Gasteiger partial charge in [0.1, 0.15) is 6.26 Å². The van der Waals surface area contributed by atoms with Crippen LogP contribution in [-0.2, 0) is 0 Å². The molecule has 0 fully saturated rings. The Morgan fingerprint density at radius 3 is 3.00 bits per heavy atom. The molecule has 4 heteroatoms. The van der Waals surface area contributed by atoms with Gasteiger partial charge in [0.15, 0.2) is 0 Å². The summed E-state index contributed by atoms with van der Waals surface area (Å²) in [5, 5.41) is 0. The molecule has 0 radical (unpaired) electrons. The summed E-state index contributed by atoms with van der Waals surface area (Å²) in [6, 6.07) is 1.79. The predicted octanol–water partition coefficient (Wildman–Crippen LogP) is 1.55. The van der Waals surface area contributed by atoms with Gasteiger partial charge in [-0.05, 0) is 6.07 Å². The van der Waals surface area contributed by atoms with Crippen LogP contribution in [0.25, 0.3) is 0 Å². The van der Waals surface area contributed by atoms with Gasteiger partial charge in [0.05, 0.1) is 17.8 Å². The first-order valence-electron chi connectivity index (χ1n) is 3.09. The molecule has 0 saturated heterocycles. The van der Waals surface area contributed by atoms with Crippen molar-refractivity contribution in [3.63, 3.8) is 0 Å². The SMILES string of the molecule is CN(CCl)C(=O)c1ccoc1. The van der Waals surface area contributed by atoms with E-state index in [1.807, 2.05) is 0 Å². The summed E-state index contributed by atoms with van der Waals surface area (Å²) in [5.41, 5.74) is 0.521. The molecule has 1 aromatic heterocycles. The standard InChI is InChI=1S/C7H8ClNO2/c1-9(5-8)7(10)6-2-3-11-4-6/h2-4H,5H2,1H3. The summed E-state index contributed by atoms with van der Waals surface area (Å²) >= 11 is 5.44. The number of halogens is 1. The van der Waals surface area contributed by atoms with Crippen LogP contribution in [0.2, 0.25) is 0 Å². The van der Waals surface area contributed by atoms with Crippen LogP contribution < -0.4 is 0 Å². The highest BCUT2D eigenvalue weighted by Crippen LogP contribution is 2.03. The van der Waals surface area contributed by atoms with E-state index in [9.17, 15) is 4.79 Å². The Kier molecular flexibility index (Phi) is 2.54. The maximum atomic E-state index is 11.2. The highest BCUT2D eigenvalue weighted by Gasteiger charge is 2.10. The molecular weight excluding hydrogens is 166 g/mol. The van der Waals surface area contributed by atoms with Gasteiger partial charge in [0, 0.05) is 7.05 Å². The van der Waals surface area contributed by atoms with Crippen molar-refractivity contribution in [2.45, 2.75) is 0 Å². The van der Waals surface area contributed by atoms with Gasteiger partial charge in [-0.2, -0.15) is 0 Å². The minimum atomic E-state index is -0.131. The zero-order chi connectivity index (χ0) is 8.27. The van der Waals surface area contributed by atoms with E-state index >= 15 is 0 Å². The van der Waals surface area contributed by atoms with Gasteiger partial charge in [-0.15, -0.1) is 11.6 Å². The third kappa shape index (κ3) is 1.74. The highest BCUT2D eigenvalue weighted by molar-refractivity contribution is 6.18. The zero-order valence-corrected chi connectivity index (χ0v) is 6.84. The first-order valence-corrected chi connectivity index (χ1v) is 3.63. The molecular formula is C7H8ClNO2. The molecule has 1 aromatic rings. The summed E-state index contributed by atoms with van der Waals surface area (Å²) in [7, 11) is 1.63. The molecule has 3 nitrogen and oxygen atoms in total. The van der Waals surface area contributed by atoms with Crippen molar-refractivity contribution < 1.29 is 9.21 Å². The summed E-state index contributed by atoms with van der Waals surface area (Å²) < 4.78 is 4.74. The summed E-state index contributed by atoms with van der Waals surface area (Å²) in [5.74, 6) is -0.131. The Balaban J connectivity index is 2.70. The first kappa shape index (κ1) is 8.14. The smallest absolute Gasteiger partial charge is 0.257 e. The lowest BCUT2D eigenvalue weighted by molar-refractivity contribution is 0.0818. The lowest BCUT2D eigenvalue weighted by Crippen LogP contribution is -2.24. The summed E-state index contributed by atoms with van der Waals surface area (Å²) in [6.45, 7) is 0. The third-order valence-electron chi connectivity index (χ3n) is 1.29. The van der Waals surface area contributed by atoms with Gasteiger partial charge in [-0.25, -0.2) is 0 Å². The largest absolute Gasteiger partial charge is 0.472 e. The van der Waals surface area contributed by atoms with Crippen LogP contribution >= 0.6 is 11.6 Å². The molecule has 60 valence electrons. The van der Waals surface area contributed by atoms with E-state index in [1.165, 1.54) is 17.4 Å². The van der Waals surface area contributed by atoms with Crippen molar-refractivity contribution in [2.24, 2.45) is 0 Å². The number of hydrogen-bond acceptors (Lipinski definition) is 2. The van der Waals surface area contributed by atoms with Crippen LogP contribution in [0.4, 0.5) is 0 Å². The Morgan fingerprint density at radius 2 is 2.55 bits per heavy atom. The Morgan fingerprint density at radius 1 is 1.82 bits per heavy atom. The Bertz CT molecular complexity index is 233. The maximum Gasteiger partial charge on any atom is 0.257 e. The predicted molar refractivity (Wildman–Crippen MR) is 41.5 cm³/mol. The third-order valence-corrected chi connectivity index (χ3v) is 1.65. The fourth-order valence-corrected chi connectivity index (χ4v) is 0.769. The second-order valence-corrected chi connectivity index (χ2v) is 2.37. The van der Waals surface area contributed by atoms with Crippen molar-refractivity contribution >= 4 is 17.5 Å². The van der Waals surface area contributed by atoms with E-state index in [4.69, 9.17) is 16.0 Å². The molecule has 0 N–H and O–H groups in total. The van der Waals surface area contributed by atoms with Crippen molar-refractivity contribution in [3.8, 4) is 0 Å². The molecule has 0 atom stereocenters. The molecule has 11 heavy (non-hydrogen) atoms. The monoisotopic (exact) mass is 173 g/mol. The fraction of sp³-hybridized carbons (Fsp3) is 0.286. The summed E-state index contributed by atoms with van der Waals surface area (Å²) in [6.07, 6.45) is 2.85. The number of hydrogen-bond donors (Lipinski definition) is 0. The number of furan rings is 1. The fourth-order valence-electron chi connectivity index (χ4n) is 0.661. The van der Waals surface area contributed by atoms with Crippen molar-refractivity contribution in [1.29, 1.82) is 0 Å². The molecule has 0 bridgehead atoms. The maximum absolute atomic E-state index is 11.2. The molecule has 0 aromatic carbocycles. The number of nitrogens with zero attached hydrogens (tertiary/aromatic N) is 1. The molecule has 0 saturated carbocycles. The highest BCUT2D eigenvalue weighted by atomic mass is 35.5. The minimum absolute atomic E-state index is 0.131. The molecule has 1 rings (SSSR count). The molecule has 0 spiro atoms. The van der Waals surface area contributed by atoms with Gasteiger partial charge in [-0.1, -0.05) is 0 Å². The topological polar surface area (TPSA) is 33.5 Å². The normalized spacial score (nSPS) is 9.64. The average Bonchev–Trinajstić information content (AvgIpc) is 2.53. The zero-order valence-electron chi connectivity index (χ0n) is 6.08. The molecule has 1 amide bonds. The van der Waals surface area contributed by atoms with E-state index in [0.29, 0.717) is 5.56 Å². The molecule has 1 heterocycles. The molecule has 0 aliphatic carbocycles. The Hall–Kier alpha value is -0.960. The van der Waals surface area contributed by atoms with Crippen LogP contribution in [0.1, 0.15) is 10.4 Å². The molecule has 0 aliphatic heterocycles. The second-order valence-electron chi connectivity index (χ2n) is 2.13. The van der Waals surface area contributed by atoms with E-state index in [0.717, 1.165) is 0 Å². The van der Waals surface area contributed by atoms with Gasteiger partial charge in [0.25, 0.3) is 5.91 Å². The van der Waals surface area contributed by atoms with Gasteiger partial charge in [0.2, 0.25) is 0 Å². The van der Waals surface area contributed by atoms with Crippen LogP contribution in [0.5, 0.6) is 0 Å². The number of rotatable bonds is 2. The van der Waals surface area contributed by atoms with Crippen LogP contribution in [0.15, 0.2) is 23.0 Å². The first-order chi connectivity index (χ1) is 5.25. The lowest BCUT2D eigenvalue weighted by Gasteiger charge is -2.10. The minimum Gasteiger partial charge on any atom is -0.472 e. The van der Waals surface area contributed by atoms with Crippen molar-refractivity contribution in [1.82, 2.24) is 4.90 Å². The number of carbonyl (C=O) groups is 1. The Labute approximate surface area is 69.5 Å². The van der Waals surface area contributed by atoms with E-state index in [2.05, 4.69) is 0 Å². The second kappa shape index (κ2) is 3.44. The average molecular weight is 174 g/mol.